The Kier molecular flexibility index (Phi) is 6.63. The highest BCUT2D eigenvalue weighted by atomic mass is 79.9. The molecule has 6 heteroatoms. The molecule has 1 aliphatic heterocycles. The second kappa shape index (κ2) is 9.14. The smallest absolute Gasteiger partial charge is 0.260 e. The zero-order chi connectivity index (χ0) is 18.4. The van der Waals surface area contributed by atoms with Crippen LogP contribution in [0.15, 0.2) is 53.0 Å². The lowest BCUT2D eigenvalue weighted by Crippen LogP contribution is -2.50. The molecule has 138 valence electrons. The molecule has 0 unspecified atom stereocenters. The number of benzene rings is 2. The van der Waals surface area contributed by atoms with Gasteiger partial charge in [-0.2, -0.15) is 0 Å². The van der Waals surface area contributed by atoms with Gasteiger partial charge in [0.05, 0.1) is 0 Å². The Labute approximate surface area is 161 Å². The Bertz CT molecular complexity index is 734. The van der Waals surface area contributed by atoms with Crippen molar-refractivity contribution in [2.45, 2.75) is 6.42 Å². The molecule has 1 heterocycles. The highest BCUT2D eigenvalue weighted by molar-refractivity contribution is 9.10. The number of carbonyl (C=O) groups excluding carboxylic acids is 1. The summed E-state index contributed by atoms with van der Waals surface area (Å²) < 4.78 is 19.7. The van der Waals surface area contributed by atoms with Crippen molar-refractivity contribution in [2.75, 3.05) is 39.3 Å². The van der Waals surface area contributed by atoms with Crippen molar-refractivity contribution >= 4 is 21.8 Å². The third kappa shape index (κ3) is 5.29. The van der Waals surface area contributed by atoms with Crippen LogP contribution in [-0.2, 0) is 11.2 Å². The summed E-state index contributed by atoms with van der Waals surface area (Å²) in [5.41, 5.74) is 1.33. The zero-order valence-corrected chi connectivity index (χ0v) is 16.1. The van der Waals surface area contributed by atoms with Crippen molar-refractivity contribution in [3.05, 3.63) is 64.4 Å². The lowest BCUT2D eigenvalue weighted by molar-refractivity contribution is -0.135. The number of rotatable bonds is 6. The molecule has 0 atom stereocenters. The molecular formula is C20H22BrFN2O2. The van der Waals surface area contributed by atoms with Gasteiger partial charge in [0.15, 0.2) is 18.2 Å². The van der Waals surface area contributed by atoms with E-state index in [0.29, 0.717) is 17.6 Å². The lowest BCUT2D eigenvalue weighted by atomic mass is 10.1. The Morgan fingerprint density at radius 3 is 2.50 bits per heavy atom. The number of halogens is 2. The second-order valence-corrected chi connectivity index (χ2v) is 7.24. The Morgan fingerprint density at radius 1 is 1.08 bits per heavy atom. The number of carbonyl (C=O) groups is 1. The van der Waals surface area contributed by atoms with Gasteiger partial charge in [-0.05, 0) is 30.2 Å². The summed E-state index contributed by atoms with van der Waals surface area (Å²) >= 11 is 3.20. The van der Waals surface area contributed by atoms with E-state index in [1.165, 1.54) is 17.7 Å². The van der Waals surface area contributed by atoms with E-state index >= 15 is 0 Å². The van der Waals surface area contributed by atoms with Crippen molar-refractivity contribution < 1.29 is 13.9 Å². The summed E-state index contributed by atoms with van der Waals surface area (Å²) in [6, 6.07) is 14.9. The van der Waals surface area contributed by atoms with E-state index in [2.05, 4.69) is 45.1 Å². The van der Waals surface area contributed by atoms with E-state index in [1.807, 2.05) is 6.07 Å². The topological polar surface area (TPSA) is 32.8 Å². The van der Waals surface area contributed by atoms with Crippen LogP contribution >= 0.6 is 15.9 Å². The predicted molar refractivity (Wildman–Crippen MR) is 103 cm³/mol. The van der Waals surface area contributed by atoms with E-state index < -0.39 is 5.82 Å². The predicted octanol–water partition coefficient (Wildman–Crippen LogP) is 3.35. The van der Waals surface area contributed by atoms with Crippen LogP contribution in [0.4, 0.5) is 4.39 Å². The van der Waals surface area contributed by atoms with Gasteiger partial charge in [-0.15, -0.1) is 0 Å². The third-order valence-electron chi connectivity index (χ3n) is 4.53. The van der Waals surface area contributed by atoms with Crippen molar-refractivity contribution in [3.63, 3.8) is 0 Å². The summed E-state index contributed by atoms with van der Waals surface area (Å²) in [4.78, 5) is 16.4. The Morgan fingerprint density at radius 2 is 1.81 bits per heavy atom. The highest BCUT2D eigenvalue weighted by Gasteiger charge is 2.21. The van der Waals surface area contributed by atoms with E-state index in [1.54, 1.807) is 11.0 Å². The van der Waals surface area contributed by atoms with E-state index in [0.717, 1.165) is 26.1 Å². The van der Waals surface area contributed by atoms with Gasteiger partial charge in [-0.25, -0.2) is 4.39 Å². The molecule has 0 aromatic heterocycles. The molecule has 2 aromatic carbocycles. The van der Waals surface area contributed by atoms with Crippen molar-refractivity contribution in [1.82, 2.24) is 9.80 Å². The van der Waals surface area contributed by atoms with Gasteiger partial charge in [0, 0.05) is 37.2 Å². The lowest BCUT2D eigenvalue weighted by Gasteiger charge is -2.34. The van der Waals surface area contributed by atoms with E-state index in [4.69, 9.17) is 4.74 Å². The molecule has 0 bridgehead atoms. The van der Waals surface area contributed by atoms with Crippen LogP contribution in [0.3, 0.4) is 0 Å². The molecule has 0 spiro atoms. The first-order chi connectivity index (χ1) is 12.6. The van der Waals surface area contributed by atoms with Crippen molar-refractivity contribution in [3.8, 4) is 5.75 Å². The summed E-state index contributed by atoms with van der Waals surface area (Å²) in [6.45, 7) is 3.92. The fraction of sp³-hybridized carbons (Fsp3) is 0.350. The van der Waals surface area contributed by atoms with E-state index in [-0.39, 0.29) is 18.3 Å². The number of piperazine rings is 1. The van der Waals surface area contributed by atoms with Gasteiger partial charge in [-0.1, -0.05) is 46.3 Å². The largest absolute Gasteiger partial charge is 0.481 e. The van der Waals surface area contributed by atoms with Crippen LogP contribution in [0.5, 0.6) is 5.75 Å². The molecule has 0 saturated carbocycles. The molecule has 2 aromatic rings. The van der Waals surface area contributed by atoms with Gasteiger partial charge in [-0.3, -0.25) is 9.69 Å². The molecule has 0 aliphatic carbocycles. The number of amides is 1. The maximum absolute atomic E-state index is 13.7. The normalized spacial score (nSPS) is 15.1. The third-order valence-corrected chi connectivity index (χ3v) is 5.02. The summed E-state index contributed by atoms with van der Waals surface area (Å²) in [5, 5.41) is 0. The fourth-order valence-corrected chi connectivity index (χ4v) is 3.31. The number of ether oxygens (including phenoxy) is 1. The first-order valence-electron chi connectivity index (χ1n) is 8.74. The van der Waals surface area contributed by atoms with Gasteiger partial charge in [0.2, 0.25) is 0 Å². The maximum atomic E-state index is 13.7. The average molecular weight is 421 g/mol. The van der Waals surface area contributed by atoms with Crippen LogP contribution in [0.25, 0.3) is 0 Å². The average Bonchev–Trinajstić information content (AvgIpc) is 2.67. The molecule has 4 nitrogen and oxygen atoms in total. The molecule has 3 rings (SSSR count). The zero-order valence-electron chi connectivity index (χ0n) is 14.5. The molecule has 0 N–H and O–H groups in total. The number of nitrogens with zero attached hydrogens (tertiary/aromatic N) is 2. The van der Waals surface area contributed by atoms with Crippen LogP contribution in [0, 0.1) is 5.82 Å². The van der Waals surface area contributed by atoms with Gasteiger partial charge < -0.3 is 9.64 Å². The van der Waals surface area contributed by atoms with Crippen LogP contribution in [0.1, 0.15) is 5.56 Å². The van der Waals surface area contributed by atoms with Gasteiger partial charge in [0.1, 0.15) is 0 Å². The Hall–Kier alpha value is -1.92. The summed E-state index contributed by atoms with van der Waals surface area (Å²) in [7, 11) is 0. The van der Waals surface area contributed by atoms with Gasteiger partial charge >= 0.3 is 0 Å². The second-order valence-electron chi connectivity index (χ2n) is 6.32. The highest BCUT2D eigenvalue weighted by Crippen LogP contribution is 2.21. The molecular weight excluding hydrogens is 399 g/mol. The monoisotopic (exact) mass is 420 g/mol. The molecule has 1 amide bonds. The molecule has 1 saturated heterocycles. The standard InChI is InChI=1S/C20H22BrFN2O2/c21-17-6-7-19(18(22)14-17)26-15-20(25)24-12-10-23(11-13-24)9-8-16-4-2-1-3-5-16/h1-7,14H,8-13,15H2. The molecule has 26 heavy (non-hydrogen) atoms. The summed E-state index contributed by atoms with van der Waals surface area (Å²) in [6.07, 6.45) is 1.01. The van der Waals surface area contributed by atoms with Gasteiger partial charge in [0.25, 0.3) is 5.91 Å². The first-order valence-corrected chi connectivity index (χ1v) is 9.53. The van der Waals surface area contributed by atoms with Crippen LogP contribution in [0.2, 0.25) is 0 Å². The molecule has 0 radical (unpaired) electrons. The summed E-state index contributed by atoms with van der Waals surface area (Å²) in [5.74, 6) is -0.476. The fourth-order valence-electron chi connectivity index (χ4n) is 2.98. The molecule has 1 fully saturated rings. The van der Waals surface area contributed by atoms with E-state index in [9.17, 15) is 9.18 Å². The van der Waals surface area contributed by atoms with Crippen LogP contribution in [-0.4, -0.2) is 55.0 Å². The van der Waals surface area contributed by atoms with Crippen molar-refractivity contribution in [1.29, 1.82) is 0 Å². The molecule has 1 aliphatic rings. The SMILES string of the molecule is O=C(COc1ccc(Br)cc1F)N1CCN(CCc2ccccc2)CC1. The Balaban J connectivity index is 1.40. The minimum Gasteiger partial charge on any atom is -0.481 e. The number of hydrogen-bond acceptors (Lipinski definition) is 3. The minimum absolute atomic E-state index is 0.100. The first kappa shape index (κ1) is 18.9. The van der Waals surface area contributed by atoms with Crippen molar-refractivity contribution in [2.24, 2.45) is 0 Å². The maximum Gasteiger partial charge on any atom is 0.260 e. The quantitative estimate of drug-likeness (QED) is 0.718. The minimum atomic E-state index is -0.474. The number of hydrogen-bond donors (Lipinski definition) is 0. The van der Waals surface area contributed by atoms with Crippen LogP contribution < -0.4 is 4.74 Å².